The molecule has 1 radical (unpaired) electrons. The molecule has 0 amide bonds. The van der Waals surface area contributed by atoms with Crippen molar-refractivity contribution >= 4 is 0 Å². The molecule has 0 aromatic heterocycles. The lowest BCUT2D eigenvalue weighted by molar-refractivity contribution is 0.238. The summed E-state index contributed by atoms with van der Waals surface area (Å²) in [6.07, 6.45) is -0.675. The maximum absolute atomic E-state index is 9.88. The molecule has 0 aliphatic heterocycles. The fourth-order valence-electron chi connectivity index (χ4n) is 1.53. The molecule has 0 saturated heterocycles. The monoisotopic (exact) mass is 231 g/mol. The van der Waals surface area contributed by atoms with E-state index in [-0.39, 0.29) is 0 Å². The Hall–Kier alpha value is -1.30. The molecule has 1 unspecified atom stereocenters. The van der Waals surface area contributed by atoms with Gasteiger partial charge in [-0.2, -0.15) is 4.90 Å². The summed E-state index contributed by atoms with van der Waals surface area (Å²) in [6.45, 7) is 8.96. The van der Waals surface area contributed by atoms with Gasteiger partial charge in [-0.15, -0.1) is 0 Å². The topological polar surface area (TPSA) is 26.1 Å². The fourth-order valence-corrected chi connectivity index (χ4v) is 1.53. The van der Waals surface area contributed by atoms with E-state index in [0.717, 1.165) is 25.2 Å². The minimum absolute atomic E-state index is 0.675. The van der Waals surface area contributed by atoms with E-state index in [9.17, 15) is 5.11 Å². The van der Waals surface area contributed by atoms with E-state index in [1.807, 2.05) is 31.2 Å². The third kappa shape index (κ3) is 4.60. The number of rotatable bonds is 4. The Morgan fingerprint density at radius 2 is 1.76 bits per heavy atom. The second-order valence-corrected chi connectivity index (χ2v) is 4.10. The van der Waals surface area contributed by atoms with E-state index in [1.54, 1.807) is 0 Å². The second-order valence-electron chi connectivity index (χ2n) is 4.10. The van der Waals surface area contributed by atoms with Crippen LogP contribution in [0, 0.1) is 18.8 Å². The van der Waals surface area contributed by atoms with Gasteiger partial charge in [-0.1, -0.05) is 35.7 Å². The molecule has 0 aliphatic carbocycles. The summed E-state index contributed by atoms with van der Waals surface area (Å²) in [5, 5.41) is 9.88. The number of hydrogen-bond donors (Lipinski definition) is 1. The van der Waals surface area contributed by atoms with Crippen LogP contribution in [-0.4, -0.2) is 24.7 Å². The summed E-state index contributed by atoms with van der Waals surface area (Å²) in [5.74, 6) is 5.91. The van der Waals surface area contributed by atoms with Crippen molar-refractivity contribution in [3.63, 3.8) is 0 Å². The molecule has 0 bridgehead atoms. The van der Waals surface area contributed by atoms with Crippen molar-refractivity contribution in [2.24, 2.45) is 0 Å². The molecule has 2 nitrogen and oxygen atoms in total. The van der Waals surface area contributed by atoms with Crippen LogP contribution in [0.15, 0.2) is 24.3 Å². The van der Waals surface area contributed by atoms with Crippen molar-refractivity contribution < 1.29 is 5.11 Å². The number of aliphatic hydroxyl groups is 1. The number of aliphatic hydroxyl groups excluding tert-OH is 1. The molecule has 1 atom stereocenters. The van der Waals surface area contributed by atoms with Crippen molar-refractivity contribution in [3.8, 4) is 11.8 Å². The highest BCUT2D eigenvalue weighted by Crippen LogP contribution is 2.12. The first-order chi connectivity index (χ1) is 8.17. The predicted octanol–water partition coefficient (Wildman–Crippen LogP) is 2.21. The van der Waals surface area contributed by atoms with Gasteiger partial charge in [0.25, 0.3) is 0 Å². The van der Waals surface area contributed by atoms with E-state index in [4.69, 9.17) is 0 Å². The molecule has 91 valence electrons. The molecule has 1 aromatic carbocycles. The zero-order valence-electron chi connectivity index (χ0n) is 10.9. The zero-order chi connectivity index (χ0) is 12.7. The van der Waals surface area contributed by atoms with Gasteiger partial charge in [0.05, 0.1) is 0 Å². The number of nitrogens with zero attached hydrogens (tertiary/aromatic N) is 1. The van der Waals surface area contributed by atoms with Gasteiger partial charge in [0.15, 0.2) is 6.54 Å². The lowest BCUT2D eigenvalue weighted by Gasteiger charge is -2.04. The van der Waals surface area contributed by atoms with Crippen LogP contribution in [0.4, 0.5) is 0 Å². The van der Waals surface area contributed by atoms with Gasteiger partial charge < -0.3 is 5.11 Å². The number of benzene rings is 1. The summed E-state index contributed by atoms with van der Waals surface area (Å²) >= 11 is 0. The van der Waals surface area contributed by atoms with Gasteiger partial charge in [0, 0.05) is 0 Å². The molecular weight excluding hydrogens is 210 g/mol. The Kier molecular flexibility index (Phi) is 5.76. The Bertz CT molecular complexity index is 382. The first-order valence-corrected chi connectivity index (χ1v) is 6.12. The second kappa shape index (κ2) is 7.11. The van der Waals surface area contributed by atoms with E-state index in [0.29, 0.717) is 0 Å². The smallest absolute Gasteiger partial charge is 0.183 e. The third-order valence-electron chi connectivity index (χ3n) is 2.83. The SMILES string of the molecule is CC[N+](CC)CC#CC(O)c1ccc(C)cc1. The van der Waals surface area contributed by atoms with Crippen LogP contribution in [0.5, 0.6) is 0 Å². The number of aryl methyl sites for hydroxylation is 1. The molecule has 2 heteroatoms. The molecule has 1 aromatic rings. The predicted molar refractivity (Wildman–Crippen MR) is 72.0 cm³/mol. The average molecular weight is 231 g/mol. The first-order valence-electron chi connectivity index (χ1n) is 6.12. The largest absolute Gasteiger partial charge is 0.376 e. The molecular formula is C15H21NO+. The Morgan fingerprint density at radius 3 is 2.29 bits per heavy atom. The van der Waals surface area contributed by atoms with Crippen molar-refractivity contribution in [1.29, 1.82) is 0 Å². The summed E-state index contributed by atoms with van der Waals surface area (Å²) < 4.78 is 0. The molecule has 1 rings (SSSR count). The highest BCUT2D eigenvalue weighted by molar-refractivity contribution is 5.28. The van der Waals surface area contributed by atoms with Gasteiger partial charge in [-0.25, -0.2) is 0 Å². The standard InChI is InChI=1S/C15H21NO/c1-4-16(5-2)12-6-7-15(17)14-10-8-13(3)9-11-14/h8-11,15,17H,4-5,12H2,1-3H3/q+1. The van der Waals surface area contributed by atoms with Gasteiger partial charge in [0.2, 0.25) is 0 Å². The third-order valence-corrected chi connectivity index (χ3v) is 2.83. The van der Waals surface area contributed by atoms with Crippen molar-refractivity contribution in [2.45, 2.75) is 26.9 Å². The normalized spacial score (nSPS) is 12.1. The number of hydrogen-bond acceptors (Lipinski definition) is 2. The van der Waals surface area contributed by atoms with E-state index >= 15 is 0 Å². The average Bonchev–Trinajstić information content (AvgIpc) is 2.35. The maximum atomic E-state index is 9.88. The molecule has 17 heavy (non-hydrogen) atoms. The van der Waals surface area contributed by atoms with Gasteiger partial charge >= 0.3 is 0 Å². The minimum atomic E-state index is -0.675. The van der Waals surface area contributed by atoms with Crippen molar-refractivity contribution in [2.75, 3.05) is 19.6 Å². The lowest BCUT2D eigenvalue weighted by atomic mass is 10.1. The molecule has 0 saturated carbocycles. The van der Waals surface area contributed by atoms with Crippen molar-refractivity contribution in [1.82, 2.24) is 4.90 Å². The maximum Gasteiger partial charge on any atom is 0.183 e. The van der Waals surface area contributed by atoms with Crippen LogP contribution < -0.4 is 4.90 Å². The van der Waals surface area contributed by atoms with Crippen molar-refractivity contribution in [3.05, 3.63) is 35.4 Å². The van der Waals surface area contributed by atoms with E-state index < -0.39 is 6.10 Å². The van der Waals surface area contributed by atoms with Crippen LogP contribution in [0.3, 0.4) is 0 Å². The summed E-state index contributed by atoms with van der Waals surface area (Å²) in [6, 6.07) is 7.83. The Labute approximate surface area is 104 Å². The van der Waals surface area contributed by atoms with Gasteiger partial charge in [-0.05, 0) is 32.3 Å². The highest BCUT2D eigenvalue weighted by atomic mass is 16.3. The molecule has 0 spiro atoms. The van der Waals surface area contributed by atoms with Crippen LogP contribution in [0.1, 0.15) is 31.1 Å². The van der Waals surface area contributed by atoms with Crippen LogP contribution in [0.2, 0.25) is 0 Å². The van der Waals surface area contributed by atoms with Gasteiger partial charge in [0.1, 0.15) is 19.2 Å². The Morgan fingerprint density at radius 1 is 1.18 bits per heavy atom. The fraction of sp³-hybridized carbons (Fsp3) is 0.467. The van der Waals surface area contributed by atoms with Crippen LogP contribution in [0.25, 0.3) is 0 Å². The van der Waals surface area contributed by atoms with Crippen LogP contribution >= 0.6 is 0 Å². The summed E-state index contributed by atoms with van der Waals surface area (Å²) in [5.41, 5.74) is 2.06. The Balaban J connectivity index is 2.57. The summed E-state index contributed by atoms with van der Waals surface area (Å²) in [4.78, 5) is 2.22. The highest BCUT2D eigenvalue weighted by Gasteiger charge is 2.06. The molecule has 0 aliphatic rings. The van der Waals surface area contributed by atoms with E-state index in [2.05, 4.69) is 30.6 Å². The zero-order valence-corrected chi connectivity index (χ0v) is 10.9. The first kappa shape index (κ1) is 13.8. The lowest BCUT2D eigenvalue weighted by Crippen LogP contribution is -2.29. The molecule has 1 N–H and O–H groups in total. The van der Waals surface area contributed by atoms with E-state index in [1.165, 1.54) is 5.56 Å². The molecule has 0 fully saturated rings. The van der Waals surface area contributed by atoms with Crippen LogP contribution in [-0.2, 0) is 0 Å². The quantitative estimate of drug-likeness (QED) is 0.624. The van der Waals surface area contributed by atoms with Gasteiger partial charge in [-0.3, -0.25) is 0 Å². The molecule has 0 heterocycles. The minimum Gasteiger partial charge on any atom is -0.376 e. The summed E-state index contributed by atoms with van der Waals surface area (Å²) in [7, 11) is 0.